The first-order valence-electron chi connectivity index (χ1n) is 4.07. The zero-order valence-electron chi connectivity index (χ0n) is 7.57. The second-order valence-corrected chi connectivity index (χ2v) is 3.24. The summed E-state index contributed by atoms with van der Waals surface area (Å²) >= 11 is 5.84. The lowest BCUT2D eigenvalue weighted by molar-refractivity contribution is 0.508. The predicted octanol–water partition coefficient (Wildman–Crippen LogP) is 1.28. The maximum Gasteiger partial charge on any atom is 0.322 e. The molecule has 0 spiro atoms. The van der Waals surface area contributed by atoms with Gasteiger partial charge in [-0.05, 0) is 6.92 Å². The van der Waals surface area contributed by atoms with Gasteiger partial charge in [0.05, 0.1) is 22.6 Å². The molecule has 0 bridgehead atoms. The lowest BCUT2D eigenvalue weighted by atomic mass is 10.5. The van der Waals surface area contributed by atoms with Crippen molar-refractivity contribution in [2.24, 2.45) is 5.73 Å². The number of hydrogen-bond acceptors (Lipinski definition) is 4. The van der Waals surface area contributed by atoms with E-state index in [1.807, 2.05) is 6.92 Å². The van der Waals surface area contributed by atoms with Gasteiger partial charge in [0.1, 0.15) is 6.26 Å². The number of rotatable bonds is 2. The molecule has 0 aliphatic rings. The molecule has 2 aromatic rings. The van der Waals surface area contributed by atoms with Crippen molar-refractivity contribution in [3.8, 4) is 6.01 Å². The van der Waals surface area contributed by atoms with Gasteiger partial charge in [-0.15, -0.1) is 0 Å². The summed E-state index contributed by atoms with van der Waals surface area (Å²) in [5, 5.41) is 4.70. The molecule has 0 aliphatic carbocycles. The molecule has 0 amide bonds. The van der Waals surface area contributed by atoms with Gasteiger partial charge >= 0.3 is 6.01 Å². The fourth-order valence-electron chi connectivity index (χ4n) is 1.03. The van der Waals surface area contributed by atoms with Gasteiger partial charge in [0.25, 0.3) is 0 Å². The SMILES string of the molecule is Cc1nn(-c2nc(CN)co2)cc1Cl. The Morgan fingerprint density at radius 2 is 2.43 bits per heavy atom. The monoisotopic (exact) mass is 212 g/mol. The Balaban J connectivity index is 2.39. The second kappa shape index (κ2) is 3.43. The van der Waals surface area contributed by atoms with Gasteiger partial charge < -0.3 is 10.2 Å². The summed E-state index contributed by atoms with van der Waals surface area (Å²) in [7, 11) is 0. The van der Waals surface area contributed by atoms with Crippen LogP contribution < -0.4 is 5.73 Å². The van der Waals surface area contributed by atoms with Crippen LogP contribution in [-0.2, 0) is 6.54 Å². The average Bonchev–Trinajstić information content (AvgIpc) is 2.74. The van der Waals surface area contributed by atoms with Crippen molar-refractivity contribution in [2.45, 2.75) is 13.5 Å². The van der Waals surface area contributed by atoms with Crippen molar-refractivity contribution in [1.29, 1.82) is 0 Å². The van der Waals surface area contributed by atoms with E-state index in [0.717, 1.165) is 5.69 Å². The molecule has 0 aliphatic heterocycles. The number of hydrogen-bond donors (Lipinski definition) is 1. The number of nitrogens with zero attached hydrogens (tertiary/aromatic N) is 3. The summed E-state index contributed by atoms with van der Waals surface area (Å²) in [5.74, 6) is 0. The van der Waals surface area contributed by atoms with Crippen LogP contribution in [0, 0.1) is 6.92 Å². The number of halogens is 1. The summed E-state index contributed by atoms with van der Waals surface area (Å²) in [6.07, 6.45) is 3.14. The Labute approximate surface area is 85.5 Å². The third-order valence-electron chi connectivity index (χ3n) is 1.78. The highest BCUT2D eigenvalue weighted by Crippen LogP contribution is 2.15. The normalized spacial score (nSPS) is 10.8. The van der Waals surface area contributed by atoms with Crippen molar-refractivity contribution >= 4 is 11.6 Å². The fourth-order valence-corrected chi connectivity index (χ4v) is 1.16. The zero-order valence-corrected chi connectivity index (χ0v) is 8.32. The molecule has 14 heavy (non-hydrogen) atoms. The summed E-state index contributed by atoms with van der Waals surface area (Å²) in [5.41, 5.74) is 6.82. The van der Waals surface area contributed by atoms with Gasteiger partial charge in [-0.2, -0.15) is 14.8 Å². The molecule has 0 unspecified atom stereocenters. The van der Waals surface area contributed by atoms with E-state index in [0.29, 0.717) is 23.3 Å². The summed E-state index contributed by atoms with van der Waals surface area (Å²) < 4.78 is 6.64. The first kappa shape index (κ1) is 9.23. The van der Waals surface area contributed by atoms with Crippen molar-refractivity contribution in [3.63, 3.8) is 0 Å². The van der Waals surface area contributed by atoms with Gasteiger partial charge in [-0.3, -0.25) is 0 Å². The quantitative estimate of drug-likeness (QED) is 0.814. The number of aryl methyl sites for hydroxylation is 1. The molecule has 6 heteroatoms. The highest BCUT2D eigenvalue weighted by atomic mass is 35.5. The second-order valence-electron chi connectivity index (χ2n) is 2.83. The first-order valence-corrected chi connectivity index (χ1v) is 4.45. The Morgan fingerprint density at radius 1 is 1.64 bits per heavy atom. The van der Waals surface area contributed by atoms with Crippen LogP contribution in [0.5, 0.6) is 0 Å². The van der Waals surface area contributed by atoms with E-state index in [9.17, 15) is 0 Å². The fraction of sp³-hybridized carbons (Fsp3) is 0.250. The van der Waals surface area contributed by atoms with E-state index < -0.39 is 0 Å². The molecule has 2 rings (SSSR count). The molecule has 0 fully saturated rings. The molecule has 0 saturated heterocycles. The maximum atomic E-state index is 5.84. The van der Waals surface area contributed by atoms with Gasteiger partial charge in [0.15, 0.2) is 0 Å². The molecular weight excluding hydrogens is 204 g/mol. The van der Waals surface area contributed by atoms with Crippen molar-refractivity contribution in [2.75, 3.05) is 0 Å². The van der Waals surface area contributed by atoms with Crippen LogP contribution in [0.25, 0.3) is 6.01 Å². The molecule has 5 nitrogen and oxygen atoms in total. The van der Waals surface area contributed by atoms with Gasteiger partial charge in [-0.1, -0.05) is 11.6 Å². The third-order valence-corrected chi connectivity index (χ3v) is 2.15. The number of aromatic nitrogens is 3. The molecular formula is C8H9ClN4O. The van der Waals surface area contributed by atoms with E-state index in [2.05, 4.69) is 10.1 Å². The summed E-state index contributed by atoms with van der Waals surface area (Å²) in [6, 6.07) is 0.375. The van der Waals surface area contributed by atoms with Gasteiger partial charge in [0, 0.05) is 6.54 Å². The zero-order chi connectivity index (χ0) is 10.1. The van der Waals surface area contributed by atoms with Gasteiger partial charge in [-0.25, -0.2) is 0 Å². The van der Waals surface area contributed by atoms with E-state index in [1.165, 1.54) is 10.9 Å². The van der Waals surface area contributed by atoms with Crippen LogP contribution in [0.2, 0.25) is 5.02 Å². The van der Waals surface area contributed by atoms with Crippen LogP contribution >= 0.6 is 11.6 Å². The molecule has 0 saturated carbocycles. The van der Waals surface area contributed by atoms with Crippen LogP contribution in [0.3, 0.4) is 0 Å². The first-order chi connectivity index (χ1) is 6.70. The van der Waals surface area contributed by atoms with Crippen LogP contribution in [-0.4, -0.2) is 14.8 Å². The molecule has 74 valence electrons. The standard InChI is InChI=1S/C8H9ClN4O/c1-5-7(9)3-13(12-5)8-11-6(2-10)4-14-8/h3-4H,2,10H2,1H3. The van der Waals surface area contributed by atoms with E-state index in [4.69, 9.17) is 21.8 Å². The lowest BCUT2D eigenvalue weighted by Gasteiger charge is -1.90. The molecule has 2 heterocycles. The average molecular weight is 213 g/mol. The van der Waals surface area contributed by atoms with Gasteiger partial charge in [0.2, 0.25) is 0 Å². The smallest absolute Gasteiger partial charge is 0.322 e. The number of nitrogens with two attached hydrogens (primary N) is 1. The topological polar surface area (TPSA) is 69.9 Å². The van der Waals surface area contributed by atoms with E-state index in [1.54, 1.807) is 6.20 Å². The molecule has 2 N–H and O–H groups in total. The summed E-state index contributed by atoms with van der Waals surface area (Å²) in [6.45, 7) is 2.16. The molecule has 0 radical (unpaired) electrons. The summed E-state index contributed by atoms with van der Waals surface area (Å²) in [4.78, 5) is 4.10. The van der Waals surface area contributed by atoms with Crippen LogP contribution in [0.4, 0.5) is 0 Å². The van der Waals surface area contributed by atoms with Crippen LogP contribution in [0.1, 0.15) is 11.4 Å². The minimum absolute atomic E-state index is 0.345. The van der Waals surface area contributed by atoms with Crippen molar-refractivity contribution < 1.29 is 4.42 Å². The highest BCUT2D eigenvalue weighted by molar-refractivity contribution is 6.31. The van der Waals surface area contributed by atoms with E-state index >= 15 is 0 Å². The Morgan fingerprint density at radius 3 is 2.93 bits per heavy atom. The largest absolute Gasteiger partial charge is 0.430 e. The maximum absolute atomic E-state index is 5.84. The van der Waals surface area contributed by atoms with E-state index in [-0.39, 0.29) is 0 Å². The minimum Gasteiger partial charge on any atom is -0.430 e. The molecule has 0 atom stereocenters. The predicted molar refractivity (Wildman–Crippen MR) is 51.3 cm³/mol. The van der Waals surface area contributed by atoms with Crippen molar-refractivity contribution in [1.82, 2.24) is 14.8 Å². The Hall–Kier alpha value is -1.33. The number of oxazole rings is 1. The lowest BCUT2D eigenvalue weighted by Crippen LogP contribution is -1.99. The van der Waals surface area contributed by atoms with Crippen molar-refractivity contribution in [3.05, 3.63) is 28.9 Å². The molecule has 2 aromatic heterocycles. The Kier molecular flexibility index (Phi) is 2.26. The minimum atomic E-state index is 0.345. The highest BCUT2D eigenvalue weighted by Gasteiger charge is 2.08. The third kappa shape index (κ3) is 1.51. The molecule has 0 aromatic carbocycles. The Bertz CT molecular complexity index is 428. The van der Waals surface area contributed by atoms with Crippen LogP contribution in [0.15, 0.2) is 16.9 Å².